The van der Waals surface area contributed by atoms with Crippen LogP contribution in [0.3, 0.4) is 0 Å². The lowest BCUT2D eigenvalue weighted by Gasteiger charge is -2.21. The van der Waals surface area contributed by atoms with Crippen molar-refractivity contribution >= 4 is 21.8 Å². The van der Waals surface area contributed by atoms with Gasteiger partial charge in [-0.05, 0) is 17.5 Å². The van der Waals surface area contributed by atoms with E-state index in [2.05, 4.69) is 21.2 Å². The van der Waals surface area contributed by atoms with Crippen molar-refractivity contribution in [2.24, 2.45) is 5.41 Å². The molecule has 0 bridgehead atoms. The van der Waals surface area contributed by atoms with Crippen molar-refractivity contribution in [2.75, 3.05) is 11.9 Å². The summed E-state index contributed by atoms with van der Waals surface area (Å²) in [6.07, 6.45) is 0. The van der Waals surface area contributed by atoms with Crippen LogP contribution >= 0.6 is 15.9 Å². The summed E-state index contributed by atoms with van der Waals surface area (Å²) in [5.74, 6) is -2.07. The van der Waals surface area contributed by atoms with Crippen LogP contribution in [0.1, 0.15) is 24.2 Å². The molecule has 0 heterocycles. The molecule has 0 spiro atoms. The van der Waals surface area contributed by atoms with Crippen molar-refractivity contribution in [2.45, 2.75) is 13.8 Å². The molecule has 0 fully saturated rings. The van der Waals surface area contributed by atoms with Crippen molar-refractivity contribution in [1.82, 2.24) is 5.32 Å². The van der Waals surface area contributed by atoms with Gasteiger partial charge >= 0.3 is 0 Å². The normalized spacial score (nSPS) is 11.4. The van der Waals surface area contributed by atoms with Crippen molar-refractivity contribution in [3.63, 3.8) is 0 Å². The lowest BCUT2D eigenvalue weighted by Crippen LogP contribution is -2.35. The zero-order chi connectivity index (χ0) is 13.1. The largest absolute Gasteiger partial charge is 0.351 e. The lowest BCUT2D eigenvalue weighted by molar-refractivity contribution is 0.0936. The van der Waals surface area contributed by atoms with Gasteiger partial charge in [-0.25, -0.2) is 8.78 Å². The SMILES string of the molecule is CC(C)(CBr)CNC(=O)c1ccc(F)cc1F. The van der Waals surface area contributed by atoms with E-state index in [0.29, 0.717) is 17.9 Å². The fourth-order valence-electron chi connectivity index (χ4n) is 1.14. The Kier molecular flexibility index (Phi) is 4.62. The molecular weight excluding hydrogens is 292 g/mol. The molecule has 0 unspecified atom stereocenters. The van der Waals surface area contributed by atoms with E-state index in [-0.39, 0.29) is 11.0 Å². The first-order valence-electron chi connectivity index (χ1n) is 5.15. The summed E-state index contributed by atoms with van der Waals surface area (Å²) in [5.41, 5.74) is -0.261. The van der Waals surface area contributed by atoms with Gasteiger partial charge in [0.25, 0.3) is 5.91 Å². The Morgan fingerprint density at radius 2 is 2.06 bits per heavy atom. The number of carbonyl (C=O) groups is 1. The molecule has 2 nitrogen and oxygen atoms in total. The van der Waals surface area contributed by atoms with Crippen molar-refractivity contribution in [3.8, 4) is 0 Å². The van der Waals surface area contributed by atoms with E-state index in [4.69, 9.17) is 0 Å². The molecule has 0 radical (unpaired) electrons. The number of amides is 1. The number of hydrogen-bond donors (Lipinski definition) is 1. The zero-order valence-corrected chi connectivity index (χ0v) is 11.3. The number of carbonyl (C=O) groups excluding carboxylic acids is 1. The fraction of sp³-hybridized carbons (Fsp3) is 0.417. The second kappa shape index (κ2) is 5.58. The molecule has 1 amide bonds. The average molecular weight is 306 g/mol. The van der Waals surface area contributed by atoms with Crippen LogP contribution in [0.2, 0.25) is 0 Å². The minimum atomic E-state index is -0.848. The smallest absolute Gasteiger partial charge is 0.254 e. The lowest BCUT2D eigenvalue weighted by atomic mass is 9.97. The summed E-state index contributed by atoms with van der Waals surface area (Å²) in [5, 5.41) is 3.33. The van der Waals surface area contributed by atoms with Gasteiger partial charge in [0, 0.05) is 17.9 Å². The highest BCUT2D eigenvalue weighted by Crippen LogP contribution is 2.17. The molecule has 0 aromatic heterocycles. The topological polar surface area (TPSA) is 29.1 Å². The number of benzene rings is 1. The Balaban J connectivity index is 2.71. The second-order valence-electron chi connectivity index (χ2n) is 4.60. The van der Waals surface area contributed by atoms with E-state index in [1.807, 2.05) is 13.8 Å². The highest BCUT2D eigenvalue weighted by atomic mass is 79.9. The molecule has 1 rings (SSSR count). The molecule has 1 aromatic carbocycles. The van der Waals surface area contributed by atoms with Gasteiger partial charge in [-0.3, -0.25) is 4.79 Å². The van der Waals surface area contributed by atoms with Crippen LogP contribution in [0, 0.1) is 17.0 Å². The van der Waals surface area contributed by atoms with Crippen LogP contribution in [0.4, 0.5) is 8.78 Å². The van der Waals surface area contributed by atoms with Gasteiger partial charge in [-0.2, -0.15) is 0 Å². The first-order valence-corrected chi connectivity index (χ1v) is 6.27. The standard InChI is InChI=1S/C12H14BrF2NO/c1-12(2,6-13)7-16-11(17)9-4-3-8(14)5-10(9)15/h3-5H,6-7H2,1-2H3,(H,16,17). The summed E-state index contributed by atoms with van der Waals surface area (Å²) in [4.78, 5) is 11.7. The minimum Gasteiger partial charge on any atom is -0.351 e. The summed E-state index contributed by atoms with van der Waals surface area (Å²) < 4.78 is 26.0. The molecule has 0 atom stereocenters. The van der Waals surface area contributed by atoms with Crippen LogP contribution in [0.5, 0.6) is 0 Å². The Bertz CT molecular complexity index is 421. The van der Waals surface area contributed by atoms with Gasteiger partial charge in [0.15, 0.2) is 0 Å². The van der Waals surface area contributed by atoms with E-state index >= 15 is 0 Å². The number of hydrogen-bond acceptors (Lipinski definition) is 1. The average Bonchev–Trinajstić information content (AvgIpc) is 2.26. The van der Waals surface area contributed by atoms with E-state index in [0.717, 1.165) is 12.1 Å². The summed E-state index contributed by atoms with van der Waals surface area (Å²) >= 11 is 3.33. The van der Waals surface area contributed by atoms with Gasteiger partial charge < -0.3 is 5.32 Å². The monoisotopic (exact) mass is 305 g/mol. The molecule has 0 aliphatic rings. The van der Waals surface area contributed by atoms with Gasteiger partial charge in [0.1, 0.15) is 11.6 Å². The van der Waals surface area contributed by atoms with E-state index in [1.54, 1.807) is 0 Å². The molecule has 1 aromatic rings. The third-order valence-corrected chi connectivity index (χ3v) is 3.78. The molecular formula is C12H14BrF2NO. The van der Waals surface area contributed by atoms with Crippen molar-refractivity contribution in [3.05, 3.63) is 35.4 Å². The van der Waals surface area contributed by atoms with E-state index in [9.17, 15) is 13.6 Å². The molecule has 0 aliphatic heterocycles. The molecule has 17 heavy (non-hydrogen) atoms. The van der Waals surface area contributed by atoms with Gasteiger partial charge in [-0.1, -0.05) is 29.8 Å². The predicted molar refractivity (Wildman–Crippen MR) is 66.3 cm³/mol. The highest BCUT2D eigenvalue weighted by molar-refractivity contribution is 9.09. The Hall–Kier alpha value is -0.970. The Morgan fingerprint density at radius 3 is 2.59 bits per heavy atom. The van der Waals surface area contributed by atoms with Gasteiger partial charge in [0.05, 0.1) is 5.56 Å². The maximum atomic E-state index is 13.3. The first-order chi connectivity index (χ1) is 7.85. The molecule has 94 valence electrons. The van der Waals surface area contributed by atoms with Crippen LogP contribution in [0.25, 0.3) is 0 Å². The minimum absolute atomic E-state index is 0.119. The number of rotatable bonds is 4. The number of halogens is 3. The zero-order valence-electron chi connectivity index (χ0n) is 9.69. The first kappa shape index (κ1) is 14.1. The molecule has 1 N–H and O–H groups in total. The van der Waals surface area contributed by atoms with Gasteiger partial charge in [0.2, 0.25) is 0 Å². The second-order valence-corrected chi connectivity index (χ2v) is 5.17. The quantitative estimate of drug-likeness (QED) is 0.851. The van der Waals surface area contributed by atoms with E-state index in [1.165, 1.54) is 0 Å². The summed E-state index contributed by atoms with van der Waals surface area (Å²) in [6.45, 7) is 4.33. The Labute approximate surface area is 108 Å². The Morgan fingerprint density at radius 1 is 1.41 bits per heavy atom. The van der Waals surface area contributed by atoms with E-state index < -0.39 is 17.5 Å². The number of nitrogens with one attached hydrogen (secondary N) is 1. The van der Waals surface area contributed by atoms with Crippen LogP contribution in [-0.2, 0) is 0 Å². The van der Waals surface area contributed by atoms with Crippen molar-refractivity contribution in [1.29, 1.82) is 0 Å². The van der Waals surface area contributed by atoms with Crippen LogP contribution in [0.15, 0.2) is 18.2 Å². The van der Waals surface area contributed by atoms with Crippen LogP contribution in [-0.4, -0.2) is 17.8 Å². The van der Waals surface area contributed by atoms with Gasteiger partial charge in [-0.15, -0.1) is 0 Å². The maximum absolute atomic E-state index is 13.3. The third-order valence-electron chi connectivity index (χ3n) is 2.27. The van der Waals surface area contributed by atoms with Crippen LogP contribution < -0.4 is 5.32 Å². The molecule has 0 saturated heterocycles. The maximum Gasteiger partial charge on any atom is 0.254 e. The molecule has 0 saturated carbocycles. The number of alkyl halides is 1. The molecule has 0 aliphatic carbocycles. The highest BCUT2D eigenvalue weighted by Gasteiger charge is 2.19. The fourth-order valence-corrected chi connectivity index (χ4v) is 1.33. The predicted octanol–water partition coefficient (Wildman–Crippen LogP) is 3.12. The third kappa shape index (κ3) is 4.07. The summed E-state index contributed by atoms with van der Waals surface area (Å²) in [6, 6.07) is 2.90. The molecule has 5 heteroatoms. The van der Waals surface area contributed by atoms with Crippen molar-refractivity contribution < 1.29 is 13.6 Å². The summed E-state index contributed by atoms with van der Waals surface area (Å²) in [7, 11) is 0.